The number of primary amides is 1. The summed E-state index contributed by atoms with van der Waals surface area (Å²) < 4.78 is 60.1. The van der Waals surface area contributed by atoms with Crippen molar-refractivity contribution in [3.63, 3.8) is 0 Å². The molecule has 2 aromatic rings. The Balaban J connectivity index is 1.85. The van der Waals surface area contributed by atoms with E-state index in [2.05, 4.69) is 0 Å². The number of carbonyl (C=O) groups is 1. The highest BCUT2D eigenvalue weighted by Crippen LogP contribution is 2.37. The van der Waals surface area contributed by atoms with Gasteiger partial charge in [-0.25, -0.2) is 17.2 Å². The standard InChI is InChI=1S/C20H21ClF2N2O4S/c21-14-2-4-17(5-3-14)29-13-20(11-19(24)26)6-1-7-25(12-20)30(27,28)18-9-15(22)8-16(23)10-18/h2-5,8-10H,1,6-7,11-13H2,(H2,24,26)/t20-/m1/s1. The summed E-state index contributed by atoms with van der Waals surface area (Å²) in [7, 11) is -4.17. The van der Waals surface area contributed by atoms with Crippen molar-refractivity contribution < 1.29 is 26.7 Å². The van der Waals surface area contributed by atoms with Gasteiger partial charge in [0.25, 0.3) is 0 Å². The van der Waals surface area contributed by atoms with Gasteiger partial charge in [-0.1, -0.05) is 11.6 Å². The number of nitrogens with two attached hydrogens (primary N) is 1. The lowest BCUT2D eigenvalue weighted by Gasteiger charge is -2.41. The fourth-order valence-corrected chi connectivity index (χ4v) is 5.40. The third-order valence-corrected chi connectivity index (χ3v) is 7.08. The first-order valence-corrected chi connectivity index (χ1v) is 11.0. The molecule has 3 rings (SSSR count). The van der Waals surface area contributed by atoms with E-state index in [9.17, 15) is 22.0 Å². The van der Waals surface area contributed by atoms with Crippen molar-refractivity contribution in [1.29, 1.82) is 0 Å². The van der Waals surface area contributed by atoms with Gasteiger partial charge >= 0.3 is 0 Å². The van der Waals surface area contributed by atoms with Crippen molar-refractivity contribution in [2.75, 3.05) is 19.7 Å². The molecule has 2 aromatic carbocycles. The summed E-state index contributed by atoms with van der Waals surface area (Å²) in [4.78, 5) is 11.2. The molecule has 0 radical (unpaired) electrons. The minimum Gasteiger partial charge on any atom is -0.493 e. The molecule has 2 N–H and O–H groups in total. The molecule has 0 unspecified atom stereocenters. The van der Waals surface area contributed by atoms with Gasteiger partial charge in [-0.3, -0.25) is 4.79 Å². The molecule has 0 spiro atoms. The maximum absolute atomic E-state index is 13.6. The van der Waals surface area contributed by atoms with E-state index >= 15 is 0 Å². The highest BCUT2D eigenvalue weighted by Gasteiger charge is 2.42. The van der Waals surface area contributed by atoms with Crippen LogP contribution in [0.3, 0.4) is 0 Å². The lowest BCUT2D eigenvalue weighted by Crippen LogP contribution is -2.50. The second-order valence-corrected chi connectivity index (χ2v) is 9.81. The van der Waals surface area contributed by atoms with Gasteiger partial charge in [-0.05, 0) is 49.2 Å². The fourth-order valence-electron chi connectivity index (χ4n) is 3.64. The van der Waals surface area contributed by atoms with Crippen LogP contribution in [0.2, 0.25) is 5.02 Å². The van der Waals surface area contributed by atoms with E-state index in [0.717, 1.165) is 16.4 Å². The van der Waals surface area contributed by atoms with Crippen LogP contribution >= 0.6 is 11.6 Å². The van der Waals surface area contributed by atoms with Crippen molar-refractivity contribution in [2.24, 2.45) is 11.1 Å². The molecule has 0 aliphatic carbocycles. The van der Waals surface area contributed by atoms with Crippen molar-refractivity contribution in [3.8, 4) is 5.75 Å². The molecule has 1 aliphatic heterocycles. The summed E-state index contributed by atoms with van der Waals surface area (Å²) in [5, 5.41) is 0.534. The molecular weight excluding hydrogens is 438 g/mol. The lowest BCUT2D eigenvalue weighted by atomic mass is 9.78. The average molecular weight is 459 g/mol. The van der Waals surface area contributed by atoms with Crippen LogP contribution in [0.15, 0.2) is 47.4 Å². The third-order valence-electron chi connectivity index (χ3n) is 5.01. The summed E-state index contributed by atoms with van der Waals surface area (Å²) in [6.07, 6.45) is 0.853. The van der Waals surface area contributed by atoms with Crippen molar-refractivity contribution in [2.45, 2.75) is 24.2 Å². The summed E-state index contributed by atoms with van der Waals surface area (Å²) >= 11 is 5.86. The van der Waals surface area contributed by atoms with Crippen molar-refractivity contribution >= 4 is 27.5 Å². The van der Waals surface area contributed by atoms with Crippen LogP contribution in [0.5, 0.6) is 5.75 Å². The minimum absolute atomic E-state index is 0.0428. The number of benzene rings is 2. The van der Waals surface area contributed by atoms with Gasteiger partial charge in [0.05, 0.1) is 11.5 Å². The van der Waals surface area contributed by atoms with Gasteiger partial charge in [0.2, 0.25) is 15.9 Å². The second-order valence-electron chi connectivity index (χ2n) is 7.43. The maximum atomic E-state index is 13.6. The van der Waals surface area contributed by atoms with Gasteiger partial charge in [-0.2, -0.15) is 4.31 Å². The van der Waals surface area contributed by atoms with Crippen molar-refractivity contribution in [3.05, 3.63) is 59.1 Å². The van der Waals surface area contributed by atoms with Gasteiger partial charge in [-0.15, -0.1) is 0 Å². The number of halogens is 3. The first-order chi connectivity index (χ1) is 14.1. The average Bonchev–Trinajstić information content (AvgIpc) is 2.66. The van der Waals surface area contributed by atoms with E-state index in [1.165, 1.54) is 0 Å². The maximum Gasteiger partial charge on any atom is 0.243 e. The van der Waals surface area contributed by atoms with E-state index in [1.807, 2.05) is 0 Å². The lowest BCUT2D eigenvalue weighted by molar-refractivity contribution is -0.121. The molecule has 0 saturated carbocycles. The Hall–Kier alpha value is -2.23. The summed E-state index contributed by atoms with van der Waals surface area (Å²) in [6, 6.07) is 8.76. The topological polar surface area (TPSA) is 89.7 Å². The molecule has 6 nitrogen and oxygen atoms in total. The zero-order chi connectivity index (χ0) is 21.9. The number of ether oxygens (including phenoxy) is 1. The molecule has 1 atom stereocenters. The molecule has 0 aromatic heterocycles. The van der Waals surface area contributed by atoms with E-state index < -0.39 is 37.9 Å². The van der Waals surface area contributed by atoms with Crippen LogP contribution in [-0.4, -0.2) is 38.3 Å². The molecule has 1 saturated heterocycles. The van der Waals surface area contributed by atoms with Crippen LogP contribution < -0.4 is 10.5 Å². The highest BCUT2D eigenvalue weighted by atomic mass is 35.5. The Morgan fingerprint density at radius 2 is 1.80 bits per heavy atom. The van der Waals surface area contributed by atoms with Crippen LogP contribution in [0, 0.1) is 17.0 Å². The number of rotatable bonds is 7. The normalized spacial score (nSPS) is 20.1. The highest BCUT2D eigenvalue weighted by molar-refractivity contribution is 7.89. The first kappa shape index (κ1) is 22.5. The Kier molecular flexibility index (Phi) is 6.64. The Labute approximate surface area is 178 Å². The largest absolute Gasteiger partial charge is 0.493 e. The first-order valence-electron chi connectivity index (χ1n) is 9.23. The second kappa shape index (κ2) is 8.87. The predicted molar refractivity (Wildman–Crippen MR) is 108 cm³/mol. The quantitative estimate of drug-likeness (QED) is 0.689. The fraction of sp³-hybridized carbons (Fsp3) is 0.350. The van der Waals surface area contributed by atoms with E-state index in [1.54, 1.807) is 24.3 Å². The van der Waals surface area contributed by atoms with Gasteiger partial charge in [0, 0.05) is 36.0 Å². The van der Waals surface area contributed by atoms with E-state index in [4.69, 9.17) is 22.1 Å². The van der Waals surface area contributed by atoms with Gasteiger partial charge in [0.15, 0.2) is 0 Å². The molecule has 10 heteroatoms. The third kappa shape index (κ3) is 5.27. The summed E-state index contributed by atoms with van der Waals surface area (Å²) in [6.45, 7) is 0.132. The van der Waals surface area contributed by atoms with Crippen LogP contribution in [0.4, 0.5) is 8.78 Å². The number of hydrogen-bond acceptors (Lipinski definition) is 4. The smallest absolute Gasteiger partial charge is 0.243 e. The summed E-state index contributed by atoms with van der Waals surface area (Å²) in [5.41, 5.74) is 4.55. The summed E-state index contributed by atoms with van der Waals surface area (Å²) in [5.74, 6) is -2.05. The molecule has 1 amide bonds. The Bertz CT molecular complexity index is 1010. The van der Waals surface area contributed by atoms with Gasteiger partial charge < -0.3 is 10.5 Å². The number of piperidine rings is 1. The number of sulfonamides is 1. The molecule has 30 heavy (non-hydrogen) atoms. The molecule has 1 heterocycles. The van der Waals surface area contributed by atoms with E-state index in [-0.39, 0.29) is 26.1 Å². The van der Waals surface area contributed by atoms with E-state index in [0.29, 0.717) is 29.7 Å². The van der Waals surface area contributed by atoms with Gasteiger partial charge in [0.1, 0.15) is 17.4 Å². The Morgan fingerprint density at radius 1 is 1.17 bits per heavy atom. The van der Waals surface area contributed by atoms with Crippen LogP contribution in [0.1, 0.15) is 19.3 Å². The minimum atomic E-state index is -4.17. The van der Waals surface area contributed by atoms with Crippen LogP contribution in [-0.2, 0) is 14.8 Å². The molecule has 1 fully saturated rings. The molecule has 162 valence electrons. The van der Waals surface area contributed by atoms with Crippen molar-refractivity contribution in [1.82, 2.24) is 4.31 Å². The zero-order valence-electron chi connectivity index (χ0n) is 16.0. The number of amides is 1. The monoisotopic (exact) mass is 458 g/mol. The SMILES string of the molecule is NC(=O)C[C@]1(COc2ccc(Cl)cc2)CCCN(S(=O)(=O)c2cc(F)cc(F)c2)C1. The Morgan fingerprint density at radius 3 is 2.40 bits per heavy atom. The predicted octanol–water partition coefficient (Wildman–Crippen LogP) is 3.34. The number of nitrogens with zero attached hydrogens (tertiary/aromatic N) is 1. The number of hydrogen-bond donors (Lipinski definition) is 1. The molecule has 1 aliphatic rings. The number of carbonyl (C=O) groups excluding carboxylic acids is 1. The molecular formula is C20H21ClF2N2O4S. The zero-order valence-corrected chi connectivity index (χ0v) is 17.6. The van der Waals surface area contributed by atoms with Crippen LogP contribution in [0.25, 0.3) is 0 Å². The molecule has 0 bridgehead atoms.